The summed E-state index contributed by atoms with van der Waals surface area (Å²) in [4.78, 5) is 3.98. The SMILES string of the molecule is C[C@H](Cn1cncn1)NS(=O)(=O)c1ccc(Cl)cc1. The fourth-order valence-corrected chi connectivity index (χ4v) is 2.95. The van der Waals surface area contributed by atoms with E-state index in [1.165, 1.54) is 36.9 Å². The third-order valence-corrected chi connectivity index (χ3v) is 4.27. The van der Waals surface area contributed by atoms with E-state index in [4.69, 9.17) is 11.6 Å². The van der Waals surface area contributed by atoms with Gasteiger partial charge in [0.15, 0.2) is 0 Å². The lowest BCUT2D eigenvalue weighted by Gasteiger charge is -2.14. The van der Waals surface area contributed by atoms with Crippen LogP contribution in [0.2, 0.25) is 5.02 Å². The van der Waals surface area contributed by atoms with Gasteiger partial charge in [-0.15, -0.1) is 0 Å². The maximum atomic E-state index is 12.1. The summed E-state index contributed by atoms with van der Waals surface area (Å²) in [5.74, 6) is 0. The summed E-state index contributed by atoms with van der Waals surface area (Å²) in [5.41, 5.74) is 0. The normalized spacial score (nSPS) is 13.4. The van der Waals surface area contributed by atoms with Gasteiger partial charge in [0.2, 0.25) is 10.0 Å². The van der Waals surface area contributed by atoms with E-state index >= 15 is 0 Å². The van der Waals surface area contributed by atoms with Gasteiger partial charge < -0.3 is 0 Å². The highest BCUT2D eigenvalue weighted by atomic mass is 35.5. The monoisotopic (exact) mass is 300 g/mol. The average Bonchev–Trinajstić information content (AvgIpc) is 2.81. The van der Waals surface area contributed by atoms with Gasteiger partial charge in [0.05, 0.1) is 11.4 Å². The van der Waals surface area contributed by atoms with E-state index in [-0.39, 0.29) is 10.9 Å². The van der Waals surface area contributed by atoms with Gasteiger partial charge in [0, 0.05) is 11.1 Å². The molecule has 1 aromatic carbocycles. The molecule has 1 aromatic heterocycles. The van der Waals surface area contributed by atoms with Gasteiger partial charge in [-0.25, -0.2) is 18.1 Å². The van der Waals surface area contributed by atoms with E-state index in [0.29, 0.717) is 11.6 Å². The quantitative estimate of drug-likeness (QED) is 0.903. The first kappa shape index (κ1) is 14.0. The molecule has 1 N–H and O–H groups in total. The first-order valence-corrected chi connectivity index (χ1v) is 7.44. The van der Waals surface area contributed by atoms with Crippen molar-refractivity contribution in [2.24, 2.45) is 0 Å². The molecule has 1 atom stereocenters. The Bertz CT molecular complexity index is 625. The summed E-state index contributed by atoms with van der Waals surface area (Å²) < 4.78 is 28.3. The molecule has 102 valence electrons. The molecule has 2 aromatic rings. The van der Waals surface area contributed by atoms with Gasteiger partial charge in [-0.2, -0.15) is 5.10 Å². The topological polar surface area (TPSA) is 76.9 Å². The van der Waals surface area contributed by atoms with Crippen LogP contribution in [-0.4, -0.2) is 29.2 Å². The fraction of sp³-hybridized carbons (Fsp3) is 0.273. The van der Waals surface area contributed by atoms with Gasteiger partial charge in [0.25, 0.3) is 0 Å². The lowest BCUT2D eigenvalue weighted by Crippen LogP contribution is -2.35. The third kappa shape index (κ3) is 3.76. The van der Waals surface area contributed by atoms with Crippen LogP contribution in [0.3, 0.4) is 0 Å². The predicted octanol–water partition coefficient (Wildman–Crippen LogP) is 1.30. The molecule has 2 rings (SSSR count). The summed E-state index contributed by atoms with van der Waals surface area (Å²) in [6.45, 7) is 2.17. The number of benzene rings is 1. The van der Waals surface area contributed by atoms with Crippen molar-refractivity contribution in [1.29, 1.82) is 0 Å². The Kier molecular flexibility index (Phi) is 4.18. The van der Waals surface area contributed by atoms with Crippen molar-refractivity contribution >= 4 is 21.6 Å². The van der Waals surface area contributed by atoms with Gasteiger partial charge in [-0.05, 0) is 31.2 Å². The molecule has 0 bridgehead atoms. The molecule has 0 fully saturated rings. The average molecular weight is 301 g/mol. The standard InChI is InChI=1S/C11H13ClN4O2S/c1-9(6-16-8-13-7-14-16)15-19(17,18)11-4-2-10(12)3-5-11/h2-5,7-9,15H,6H2,1H3/t9-/m1/s1. The minimum Gasteiger partial charge on any atom is -0.251 e. The Morgan fingerprint density at radius 1 is 1.37 bits per heavy atom. The Labute approximate surface area is 116 Å². The van der Waals surface area contributed by atoms with Crippen molar-refractivity contribution in [3.63, 3.8) is 0 Å². The highest BCUT2D eigenvalue weighted by Gasteiger charge is 2.17. The largest absolute Gasteiger partial charge is 0.251 e. The van der Waals surface area contributed by atoms with Crippen LogP contribution in [0, 0.1) is 0 Å². The lowest BCUT2D eigenvalue weighted by molar-refractivity contribution is 0.493. The zero-order chi connectivity index (χ0) is 13.9. The molecule has 0 spiro atoms. The fourth-order valence-electron chi connectivity index (χ4n) is 1.59. The molecule has 0 unspecified atom stereocenters. The smallest absolute Gasteiger partial charge is 0.240 e. The third-order valence-electron chi connectivity index (χ3n) is 2.41. The molecule has 0 aliphatic rings. The number of hydrogen-bond acceptors (Lipinski definition) is 4. The van der Waals surface area contributed by atoms with Crippen molar-refractivity contribution in [2.75, 3.05) is 0 Å². The summed E-state index contributed by atoms with van der Waals surface area (Å²) in [5, 5.41) is 4.42. The van der Waals surface area contributed by atoms with Crippen molar-refractivity contribution in [3.05, 3.63) is 41.9 Å². The molecule has 19 heavy (non-hydrogen) atoms. The summed E-state index contributed by atoms with van der Waals surface area (Å²) >= 11 is 5.73. The molecule has 0 radical (unpaired) electrons. The lowest BCUT2D eigenvalue weighted by atomic mass is 10.4. The van der Waals surface area contributed by atoms with E-state index in [1.54, 1.807) is 11.6 Å². The molecule has 1 heterocycles. The number of hydrogen-bond donors (Lipinski definition) is 1. The molecule has 0 amide bonds. The molecule has 0 aliphatic heterocycles. The van der Waals surface area contributed by atoms with Crippen LogP contribution < -0.4 is 4.72 Å². The van der Waals surface area contributed by atoms with Crippen LogP contribution in [0.5, 0.6) is 0 Å². The van der Waals surface area contributed by atoms with Gasteiger partial charge in [-0.3, -0.25) is 4.68 Å². The molecule has 8 heteroatoms. The first-order valence-electron chi connectivity index (χ1n) is 5.58. The molecule has 6 nitrogen and oxygen atoms in total. The number of rotatable bonds is 5. The Morgan fingerprint density at radius 3 is 2.63 bits per heavy atom. The van der Waals surface area contributed by atoms with Crippen molar-refractivity contribution in [1.82, 2.24) is 19.5 Å². The van der Waals surface area contributed by atoms with E-state index in [1.807, 2.05) is 0 Å². The number of nitrogens with one attached hydrogen (secondary N) is 1. The summed E-state index contributed by atoms with van der Waals surface area (Å²) in [6, 6.07) is 5.71. The van der Waals surface area contributed by atoms with E-state index in [2.05, 4.69) is 14.8 Å². The highest BCUT2D eigenvalue weighted by Crippen LogP contribution is 2.14. The summed E-state index contributed by atoms with van der Waals surface area (Å²) in [7, 11) is -3.55. The summed E-state index contributed by atoms with van der Waals surface area (Å²) in [6.07, 6.45) is 2.94. The molecule has 0 aliphatic carbocycles. The van der Waals surface area contributed by atoms with Crippen molar-refractivity contribution in [2.45, 2.75) is 24.4 Å². The zero-order valence-electron chi connectivity index (χ0n) is 10.2. The van der Waals surface area contributed by atoms with Crippen LogP contribution in [0.25, 0.3) is 0 Å². The number of sulfonamides is 1. The maximum Gasteiger partial charge on any atom is 0.240 e. The second-order valence-corrected chi connectivity index (χ2v) is 6.24. The van der Waals surface area contributed by atoms with Crippen LogP contribution in [0.1, 0.15) is 6.92 Å². The number of nitrogens with zero attached hydrogens (tertiary/aromatic N) is 3. The molecule has 0 saturated heterocycles. The van der Waals surface area contributed by atoms with Gasteiger partial charge in [-0.1, -0.05) is 11.6 Å². The van der Waals surface area contributed by atoms with Crippen LogP contribution in [0.4, 0.5) is 0 Å². The van der Waals surface area contributed by atoms with E-state index in [9.17, 15) is 8.42 Å². The molecule has 0 saturated carbocycles. The second kappa shape index (κ2) is 5.68. The second-order valence-electron chi connectivity index (χ2n) is 4.09. The Morgan fingerprint density at radius 2 is 2.05 bits per heavy atom. The minimum atomic E-state index is -3.55. The van der Waals surface area contributed by atoms with Crippen LogP contribution >= 0.6 is 11.6 Å². The highest BCUT2D eigenvalue weighted by molar-refractivity contribution is 7.89. The van der Waals surface area contributed by atoms with Crippen molar-refractivity contribution in [3.8, 4) is 0 Å². The van der Waals surface area contributed by atoms with Crippen molar-refractivity contribution < 1.29 is 8.42 Å². The molecular weight excluding hydrogens is 288 g/mol. The van der Waals surface area contributed by atoms with Gasteiger partial charge in [0.1, 0.15) is 12.7 Å². The zero-order valence-corrected chi connectivity index (χ0v) is 11.8. The number of halogens is 1. The van der Waals surface area contributed by atoms with Crippen LogP contribution in [-0.2, 0) is 16.6 Å². The predicted molar refractivity (Wildman–Crippen MR) is 71.3 cm³/mol. The molecular formula is C11H13ClN4O2S. The van der Waals surface area contributed by atoms with E-state index in [0.717, 1.165) is 0 Å². The van der Waals surface area contributed by atoms with E-state index < -0.39 is 10.0 Å². The Balaban J connectivity index is 2.06. The minimum absolute atomic E-state index is 0.183. The van der Waals surface area contributed by atoms with Crippen LogP contribution in [0.15, 0.2) is 41.8 Å². The number of aromatic nitrogens is 3. The Hall–Kier alpha value is -1.44. The first-order chi connectivity index (χ1) is 8.97. The van der Waals surface area contributed by atoms with Gasteiger partial charge >= 0.3 is 0 Å². The maximum absolute atomic E-state index is 12.1.